The van der Waals surface area contributed by atoms with Crippen LogP contribution in [0.4, 0.5) is 0 Å². The minimum atomic E-state index is 0.0403. The van der Waals surface area contributed by atoms with Crippen molar-refractivity contribution in [2.75, 3.05) is 27.2 Å². The summed E-state index contributed by atoms with van der Waals surface area (Å²) in [5, 5.41) is 9.13. The van der Waals surface area contributed by atoms with Gasteiger partial charge in [0.2, 0.25) is 5.91 Å². The van der Waals surface area contributed by atoms with Crippen molar-refractivity contribution in [1.29, 1.82) is 5.26 Å². The van der Waals surface area contributed by atoms with Crippen LogP contribution in [-0.2, 0) is 4.79 Å². The van der Waals surface area contributed by atoms with E-state index in [9.17, 15) is 4.79 Å². The summed E-state index contributed by atoms with van der Waals surface area (Å²) < 4.78 is 6.72. The van der Waals surface area contributed by atoms with Crippen LogP contribution in [-0.4, -0.2) is 61.1 Å². The average Bonchev–Trinajstić information content (AvgIpc) is 3.06. The number of fused-ring (bicyclic) bond motifs is 1. The summed E-state index contributed by atoms with van der Waals surface area (Å²) in [6.07, 6.45) is 8.11. The van der Waals surface area contributed by atoms with Gasteiger partial charge in [-0.05, 0) is 75.3 Å². The zero-order chi connectivity index (χ0) is 22.9. The third-order valence-electron chi connectivity index (χ3n) is 7.92. The molecule has 3 aliphatic rings. The Bertz CT molecular complexity index is 903. The van der Waals surface area contributed by atoms with E-state index >= 15 is 0 Å². The third kappa shape index (κ3) is 4.55. The molecule has 6 nitrogen and oxygen atoms in total. The van der Waals surface area contributed by atoms with Crippen LogP contribution in [0.3, 0.4) is 0 Å². The smallest absolute Gasteiger partial charge is 0.245 e. The van der Waals surface area contributed by atoms with E-state index in [0.717, 1.165) is 57.4 Å². The van der Waals surface area contributed by atoms with Crippen molar-refractivity contribution in [2.45, 2.75) is 63.6 Å². The molecule has 2 N–H and O–H groups in total. The standard InChI is InChI=1S/C26H36N4O2/c1-26-11-10-19(14-24(31)29(2)3)13-20(26)15-23(30-12-4-5-21(28)17-30)25(26)32-22-8-6-18(16-27)7-9-22/h6-9,14,20-21,23,25H,4-5,10-13,15,17,28H2,1-3H3. The van der Waals surface area contributed by atoms with Gasteiger partial charge in [-0.25, -0.2) is 0 Å². The van der Waals surface area contributed by atoms with Crippen molar-refractivity contribution in [3.8, 4) is 11.8 Å². The van der Waals surface area contributed by atoms with Crippen LogP contribution in [0, 0.1) is 22.7 Å². The predicted molar refractivity (Wildman–Crippen MR) is 125 cm³/mol. The largest absolute Gasteiger partial charge is 0.488 e. The highest BCUT2D eigenvalue weighted by Crippen LogP contribution is 2.55. The molecule has 1 saturated heterocycles. The van der Waals surface area contributed by atoms with E-state index in [0.29, 0.717) is 17.5 Å². The van der Waals surface area contributed by atoms with Gasteiger partial charge in [0.25, 0.3) is 0 Å². The van der Waals surface area contributed by atoms with Crippen LogP contribution in [0.5, 0.6) is 5.75 Å². The second kappa shape index (κ2) is 9.25. The minimum absolute atomic E-state index is 0.0403. The van der Waals surface area contributed by atoms with Gasteiger partial charge in [0.05, 0.1) is 11.6 Å². The Balaban J connectivity index is 1.60. The van der Waals surface area contributed by atoms with Gasteiger partial charge in [-0.3, -0.25) is 9.69 Å². The maximum Gasteiger partial charge on any atom is 0.245 e. The molecule has 6 heteroatoms. The molecule has 0 aromatic heterocycles. The van der Waals surface area contributed by atoms with Crippen molar-refractivity contribution in [3.63, 3.8) is 0 Å². The third-order valence-corrected chi connectivity index (χ3v) is 7.92. The summed E-state index contributed by atoms with van der Waals surface area (Å²) >= 11 is 0. The lowest BCUT2D eigenvalue weighted by Gasteiger charge is -2.44. The number of allylic oxidation sites excluding steroid dienone is 1. The molecule has 1 aromatic carbocycles. The molecule has 2 aliphatic carbocycles. The Morgan fingerprint density at radius 2 is 2.09 bits per heavy atom. The van der Waals surface area contributed by atoms with Crippen LogP contribution in [0.25, 0.3) is 0 Å². The Labute approximate surface area is 192 Å². The summed E-state index contributed by atoms with van der Waals surface area (Å²) in [5.74, 6) is 1.38. The van der Waals surface area contributed by atoms with Crippen LogP contribution in [0.1, 0.15) is 51.0 Å². The molecule has 0 radical (unpaired) electrons. The molecule has 172 valence electrons. The van der Waals surface area contributed by atoms with Crippen molar-refractivity contribution in [3.05, 3.63) is 41.5 Å². The number of amides is 1. The van der Waals surface area contributed by atoms with E-state index < -0.39 is 0 Å². The van der Waals surface area contributed by atoms with E-state index in [4.69, 9.17) is 15.7 Å². The summed E-state index contributed by atoms with van der Waals surface area (Å²) in [6, 6.07) is 10.2. The van der Waals surface area contributed by atoms with E-state index in [1.54, 1.807) is 19.0 Å². The normalized spacial score (nSPS) is 34.0. The zero-order valence-corrected chi connectivity index (χ0v) is 19.6. The number of hydrogen-bond acceptors (Lipinski definition) is 5. The first-order valence-corrected chi connectivity index (χ1v) is 11.9. The van der Waals surface area contributed by atoms with Crippen molar-refractivity contribution in [1.82, 2.24) is 9.80 Å². The molecule has 32 heavy (non-hydrogen) atoms. The lowest BCUT2D eigenvalue weighted by atomic mass is 9.67. The van der Waals surface area contributed by atoms with Crippen molar-refractivity contribution >= 4 is 5.91 Å². The predicted octanol–water partition coefficient (Wildman–Crippen LogP) is 3.32. The van der Waals surface area contributed by atoms with E-state index in [1.165, 1.54) is 5.57 Å². The molecule has 1 amide bonds. The molecular formula is C26H36N4O2. The fourth-order valence-corrected chi connectivity index (χ4v) is 5.95. The second-order valence-electron chi connectivity index (χ2n) is 10.3. The van der Waals surface area contributed by atoms with Crippen molar-refractivity contribution < 1.29 is 9.53 Å². The number of carbonyl (C=O) groups excluding carboxylic acids is 1. The first-order valence-electron chi connectivity index (χ1n) is 11.9. The molecule has 4 rings (SSSR count). The zero-order valence-electron chi connectivity index (χ0n) is 19.6. The Morgan fingerprint density at radius 3 is 2.75 bits per heavy atom. The summed E-state index contributed by atoms with van der Waals surface area (Å²) in [6.45, 7) is 4.36. The molecule has 5 atom stereocenters. The number of likely N-dealkylation sites (N-methyl/N-ethyl adjacent to an activating group) is 1. The van der Waals surface area contributed by atoms with Gasteiger partial charge in [0, 0.05) is 44.2 Å². The first kappa shape index (κ1) is 22.8. The van der Waals surface area contributed by atoms with Gasteiger partial charge in [-0.15, -0.1) is 0 Å². The lowest BCUT2D eigenvalue weighted by Crippen LogP contribution is -2.54. The molecule has 2 saturated carbocycles. The number of rotatable bonds is 4. The van der Waals surface area contributed by atoms with E-state index in [2.05, 4.69) is 17.9 Å². The molecule has 0 bridgehead atoms. The van der Waals surface area contributed by atoms with Crippen LogP contribution in [0.15, 0.2) is 35.9 Å². The number of benzene rings is 1. The SMILES string of the molecule is CN(C)C(=O)C=C1CCC2(C)C(C1)CC(N1CCCC(N)C1)C2Oc1ccc(C#N)cc1. The Morgan fingerprint density at radius 1 is 1.34 bits per heavy atom. The van der Waals surface area contributed by atoms with Gasteiger partial charge in [0.15, 0.2) is 0 Å². The fourth-order valence-electron chi connectivity index (χ4n) is 5.95. The molecule has 1 aliphatic heterocycles. The number of ether oxygens (including phenoxy) is 1. The average molecular weight is 437 g/mol. The molecule has 0 spiro atoms. The summed E-state index contributed by atoms with van der Waals surface area (Å²) in [7, 11) is 3.61. The highest BCUT2D eigenvalue weighted by Gasteiger charge is 2.56. The molecule has 5 unspecified atom stereocenters. The molecule has 1 heterocycles. The topological polar surface area (TPSA) is 82.6 Å². The van der Waals surface area contributed by atoms with Crippen molar-refractivity contribution in [2.24, 2.45) is 17.1 Å². The number of nitrogens with zero attached hydrogens (tertiary/aromatic N) is 3. The Hall–Kier alpha value is -2.36. The van der Waals surface area contributed by atoms with Gasteiger partial charge in [0.1, 0.15) is 11.9 Å². The van der Waals surface area contributed by atoms with Crippen LogP contribution in [0.2, 0.25) is 0 Å². The van der Waals surface area contributed by atoms with E-state index in [-0.39, 0.29) is 23.5 Å². The number of nitrogens with two attached hydrogens (primary N) is 1. The van der Waals surface area contributed by atoms with Gasteiger partial charge in [-0.2, -0.15) is 5.26 Å². The van der Waals surface area contributed by atoms with Gasteiger partial charge >= 0.3 is 0 Å². The van der Waals surface area contributed by atoms with Crippen LogP contribution >= 0.6 is 0 Å². The summed E-state index contributed by atoms with van der Waals surface area (Å²) in [5.41, 5.74) is 8.29. The molecule has 1 aromatic rings. The van der Waals surface area contributed by atoms with Gasteiger partial charge in [-0.1, -0.05) is 12.5 Å². The second-order valence-corrected chi connectivity index (χ2v) is 10.3. The number of likely N-dealkylation sites (tertiary alicyclic amines) is 1. The fraction of sp³-hybridized carbons (Fsp3) is 0.615. The summed E-state index contributed by atoms with van der Waals surface area (Å²) in [4.78, 5) is 16.5. The highest BCUT2D eigenvalue weighted by atomic mass is 16.5. The number of piperidine rings is 1. The number of nitriles is 1. The Kier molecular flexibility index (Phi) is 6.60. The minimum Gasteiger partial charge on any atom is -0.488 e. The molecular weight excluding hydrogens is 400 g/mol. The molecule has 3 fully saturated rings. The number of hydrogen-bond donors (Lipinski definition) is 1. The lowest BCUT2D eigenvalue weighted by molar-refractivity contribution is -0.123. The van der Waals surface area contributed by atoms with E-state index in [1.807, 2.05) is 30.3 Å². The maximum atomic E-state index is 12.3. The quantitative estimate of drug-likeness (QED) is 0.732. The van der Waals surface area contributed by atoms with Crippen LogP contribution < -0.4 is 10.5 Å². The first-order chi connectivity index (χ1) is 15.3. The monoisotopic (exact) mass is 436 g/mol. The van der Waals surface area contributed by atoms with Gasteiger partial charge < -0.3 is 15.4 Å². The maximum absolute atomic E-state index is 12.3. The number of carbonyl (C=O) groups is 1. The highest BCUT2D eigenvalue weighted by molar-refractivity contribution is 5.87.